The lowest BCUT2D eigenvalue weighted by Crippen LogP contribution is -2.35. The summed E-state index contributed by atoms with van der Waals surface area (Å²) < 4.78 is 5.53. The highest BCUT2D eigenvalue weighted by molar-refractivity contribution is 6.31. The van der Waals surface area contributed by atoms with Crippen LogP contribution in [0.5, 0.6) is 5.75 Å². The number of anilines is 1. The van der Waals surface area contributed by atoms with Gasteiger partial charge in [0.05, 0.1) is 5.56 Å². The lowest BCUT2D eigenvalue weighted by molar-refractivity contribution is -0.123. The molecule has 0 bridgehead atoms. The minimum Gasteiger partial charge on any atom is -0.483 e. The largest absolute Gasteiger partial charge is 0.483 e. The number of carbonyl (C=O) groups excluding carboxylic acids is 2. The van der Waals surface area contributed by atoms with E-state index in [1.807, 2.05) is 32.0 Å². The van der Waals surface area contributed by atoms with Crippen molar-refractivity contribution in [1.29, 1.82) is 0 Å². The molecule has 0 aliphatic rings. The number of benzene rings is 2. The van der Waals surface area contributed by atoms with Crippen LogP contribution in [0.4, 0.5) is 5.69 Å². The van der Waals surface area contributed by atoms with Gasteiger partial charge < -0.3 is 15.4 Å². The monoisotopic (exact) mass is 360 g/mol. The molecule has 6 heteroatoms. The van der Waals surface area contributed by atoms with Gasteiger partial charge >= 0.3 is 0 Å². The van der Waals surface area contributed by atoms with Crippen molar-refractivity contribution in [3.63, 3.8) is 0 Å². The van der Waals surface area contributed by atoms with Crippen LogP contribution in [0.25, 0.3) is 0 Å². The van der Waals surface area contributed by atoms with Crippen molar-refractivity contribution in [1.82, 2.24) is 5.32 Å². The first kappa shape index (κ1) is 18.8. The molecule has 0 unspecified atom stereocenters. The van der Waals surface area contributed by atoms with E-state index in [0.29, 0.717) is 16.5 Å². The Hall–Kier alpha value is -2.53. The third-order valence-electron chi connectivity index (χ3n) is 3.60. The van der Waals surface area contributed by atoms with Crippen molar-refractivity contribution < 1.29 is 14.3 Å². The fourth-order valence-corrected chi connectivity index (χ4v) is 2.26. The molecule has 132 valence electrons. The Morgan fingerprint density at radius 3 is 2.56 bits per heavy atom. The first-order valence-corrected chi connectivity index (χ1v) is 8.45. The highest BCUT2D eigenvalue weighted by Gasteiger charge is 2.15. The van der Waals surface area contributed by atoms with Crippen LogP contribution in [0.3, 0.4) is 0 Å². The Morgan fingerprint density at radius 2 is 1.88 bits per heavy atom. The minimum atomic E-state index is -0.356. The number of hydrogen-bond donors (Lipinski definition) is 2. The summed E-state index contributed by atoms with van der Waals surface area (Å²) in [6.07, 6.45) is 0.831. The third kappa shape index (κ3) is 5.80. The summed E-state index contributed by atoms with van der Waals surface area (Å²) in [4.78, 5) is 24.4. The lowest BCUT2D eigenvalue weighted by Gasteiger charge is -2.14. The van der Waals surface area contributed by atoms with Crippen LogP contribution >= 0.6 is 11.6 Å². The molecule has 0 aliphatic carbocycles. The fraction of sp³-hybridized carbons (Fsp3) is 0.263. The first-order chi connectivity index (χ1) is 12.0. The van der Waals surface area contributed by atoms with Crippen LogP contribution < -0.4 is 15.4 Å². The zero-order chi connectivity index (χ0) is 18.2. The van der Waals surface area contributed by atoms with E-state index in [0.717, 1.165) is 6.42 Å². The summed E-state index contributed by atoms with van der Waals surface area (Å²) in [5, 5.41) is 6.00. The zero-order valence-electron chi connectivity index (χ0n) is 14.2. The van der Waals surface area contributed by atoms with Gasteiger partial charge in [0.25, 0.3) is 11.8 Å². The van der Waals surface area contributed by atoms with Crippen molar-refractivity contribution in [2.24, 2.45) is 0 Å². The van der Waals surface area contributed by atoms with Crippen molar-refractivity contribution in [3.8, 4) is 5.75 Å². The molecule has 0 heterocycles. The Labute approximate surface area is 152 Å². The number of amides is 2. The molecule has 2 amide bonds. The number of hydrogen-bond acceptors (Lipinski definition) is 3. The second-order valence-corrected chi connectivity index (χ2v) is 6.06. The number of carbonyl (C=O) groups is 2. The van der Waals surface area contributed by atoms with E-state index in [2.05, 4.69) is 10.6 Å². The predicted molar refractivity (Wildman–Crippen MR) is 99.2 cm³/mol. The summed E-state index contributed by atoms with van der Waals surface area (Å²) in [5.74, 6) is -0.290. The highest BCUT2D eigenvalue weighted by Crippen LogP contribution is 2.24. The summed E-state index contributed by atoms with van der Waals surface area (Å²) in [5.41, 5.74) is 0.931. The molecule has 25 heavy (non-hydrogen) atoms. The summed E-state index contributed by atoms with van der Waals surface area (Å²) in [6, 6.07) is 13.9. The molecule has 0 radical (unpaired) electrons. The second kappa shape index (κ2) is 9.08. The molecule has 2 aromatic carbocycles. The maximum Gasteiger partial charge on any atom is 0.259 e. The van der Waals surface area contributed by atoms with Crippen LogP contribution in [0.1, 0.15) is 30.6 Å². The minimum absolute atomic E-state index is 0.0715. The molecule has 1 atom stereocenters. The van der Waals surface area contributed by atoms with E-state index in [4.69, 9.17) is 16.3 Å². The normalized spacial score (nSPS) is 11.5. The average Bonchev–Trinajstić information content (AvgIpc) is 2.61. The summed E-state index contributed by atoms with van der Waals surface area (Å²) >= 11 is 6.00. The maximum absolute atomic E-state index is 12.5. The number of nitrogens with one attached hydrogen (secondary N) is 2. The molecule has 0 saturated carbocycles. The number of ether oxygens (including phenoxy) is 1. The molecule has 5 nitrogen and oxygen atoms in total. The summed E-state index contributed by atoms with van der Waals surface area (Å²) in [7, 11) is 0. The van der Waals surface area contributed by atoms with Crippen LogP contribution in [0.15, 0.2) is 48.5 Å². The zero-order valence-corrected chi connectivity index (χ0v) is 15.0. The molecule has 0 fully saturated rings. The van der Waals surface area contributed by atoms with E-state index in [1.165, 1.54) is 6.07 Å². The highest BCUT2D eigenvalue weighted by atomic mass is 35.5. The van der Waals surface area contributed by atoms with Gasteiger partial charge in [0.15, 0.2) is 6.61 Å². The van der Waals surface area contributed by atoms with Crippen LogP contribution in [0, 0.1) is 0 Å². The van der Waals surface area contributed by atoms with Gasteiger partial charge in [-0.15, -0.1) is 0 Å². The SMILES string of the molecule is CC[C@@H](C)NC(=O)COc1ccc(Cl)cc1C(=O)Nc1ccccc1. The van der Waals surface area contributed by atoms with Gasteiger partial charge in [-0.3, -0.25) is 9.59 Å². The Kier molecular flexibility index (Phi) is 6.83. The average molecular weight is 361 g/mol. The first-order valence-electron chi connectivity index (χ1n) is 8.07. The number of halogens is 1. The second-order valence-electron chi connectivity index (χ2n) is 5.63. The molecule has 0 saturated heterocycles. The lowest BCUT2D eigenvalue weighted by atomic mass is 10.2. The van der Waals surface area contributed by atoms with Crippen LogP contribution in [0.2, 0.25) is 5.02 Å². The van der Waals surface area contributed by atoms with Crippen molar-refractivity contribution >= 4 is 29.1 Å². The topological polar surface area (TPSA) is 67.4 Å². The van der Waals surface area contributed by atoms with Gasteiger partial charge in [0, 0.05) is 16.8 Å². The molecule has 0 aliphatic heterocycles. The third-order valence-corrected chi connectivity index (χ3v) is 3.83. The molecular formula is C19H21ClN2O3. The van der Waals surface area contributed by atoms with Crippen LogP contribution in [-0.4, -0.2) is 24.5 Å². The van der Waals surface area contributed by atoms with Gasteiger partial charge in [-0.2, -0.15) is 0 Å². The fourth-order valence-electron chi connectivity index (χ4n) is 2.09. The standard InChI is InChI=1S/C19H21ClN2O3/c1-3-13(2)21-18(23)12-25-17-10-9-14(20)11-16(17)19(24)22-15-7-5-4-6-8-15/h4-11,13H,3,12H2,1-2H3,(H,21,23)(H,22,24)/t13-/m1/s1. The van der Waals surface area contributed by atoms with Gasteiger partial charge in [0.1, 0.15) is 5.75 Å². The van der Waals surface area contributed by atoms with E-state index in [9.17, 15) is 9.59 Å². The Morgan fingerprint density at radius 1 is 1.16 bits per heavy atom. The van der Waals surface area contributed by atoms with E-state index < -0.39 is 0 Å². The smallest absolute Gasteiger partial charge is 0.259 e. The van der Waals surface area contributed by atoms with Crippen molar-refractivity contribution in [3.05, 3.63) is 59.1 Å². The molecular weight excluding hydrogens is 340 g/mol. The number of rotatable bonds is 7. The Balaban J connectivity index is 2.09. The van der Waals surface area contributed by atoms with E-state index in [1.54, 1.807) is 24.3 Å². The van der Waals surface area contributed by atoms with Crippen molar-refractivity contribution in [2.45, 2.75) is 26.3 Å². The quantitative estimate of drug-likeness (QED) is 0.787. The van der Waals surface area contributed by atoms with Gasteiger partial charge in [0.2, 0.25) is 0 Å². The molecule has 2 rings (SSSR count). The predicted octanol–water partition coefficient (Wildman–Crippen LogP) is 3.89. The van der Waals surface area contributed by atoms with Crippen molar-refractivity contribution in [2.75, 3.05) is 11.9 Å². The van der Waals surface area contributed by atoms with Gasteiger partial charge in [-0.1, -0.05) is 36.7 Å². The molecule has 0 aromatic heterocycles. The Bertz CT molecular complexity index is 735. The van der Waals surface area contributed by atoms with Gasteiger partial charge in [-0.05, 0) is 43.7 Å². The van der Waals surface area contributed by atoms with E-state index in [-0.39, 0.29) is 30.0 Å². The maximum atomic E-state index is 12.5. The van der Waals surface area contributed by atoms with E-state index >= 15 is 0 Å². The van der Waals surface area contributed by atoms with Crippen LogP contribution in [-0.2, 0) is 4.79 Å². The molecule has 0 spiro atoms. The molecule has 2 N–H and O–H groups in total. The molecule has 2 aromatic rings. The number of para-hydroxylation sites is 1. The van der Waals surface area contributed by atoms with Gasteiger partial charge in [-0.25, -0.2) is 0 Å². The summed E-state index contributed by atoms with van der Waals surface area (Å²) in [6.45, 7) is 3.73.